The number of amides is 2. The summed E-state index contributed by atoms with van der Waals surface area (Å²) in [6.07, 6.45) is 5.62. The van der Waals surface area contributed by atoms with Crippen LogP contribution in [0.25, 0.3) is 0 Å². The van der Waals surface area contributed by atoms with Crippen molar-refractivity contribution in [3.05, 3.63) is 89.7 Å². The highest BCUT2D eigenvalue weighted by atomic mass is 16.2. The van der Waals surface area contributed by atoms with Crippen LogP contribution in [0.5, 0.6) is 0 Å². The van der Waals surface area contributed by atoms with Crippen molar-refractivity contribution in [2.24, 2.45) is 0 Å². The maximum Gasteiger partial charge on any atom is 0.315 e. The van der Waals surface area contributed by atoms with Crippen LogP contribution in [-0.2, 0) is 13.1 Å². The number of rotatable bonds is 8. The minimum absolute atomic E-state index is 0.0236. The second-order valence-corrected chi connectivity index (χ2v) is 6.55. The van der Waals surface area contributed by atoms with E-state index in [0.29, 0.717) is 13.1 Å². The van der Waals surface area contributed by atoms with E-state index in [9.17, 15) is 4.79 Å². The molecule has 5 heteroatoms. The van der Waals surface area contributed by atoms with Gasteiger partial charge in [0, 0.05) is 18.9 Å². The van der Waals surface area contributed by atoms with Crippen LogP contribution in [-0.4, -0.2) is 15.8 Å². The lowest BCUT2D eigenvalue weighted by molar-refractivity contribution is 0.236. The van der Waals surface area contributed by atoms with Gasteiger partial charge in [0.25, 0.3) is 0 Å². The summed E-state index contributed by atoms with van der Waals surface area (Å²) in [5.74, 6) is 0. The van der Waals surface area contributed by atoms with Crippen LogP contribution in [0.2, 0.25) is 0 Å². The number of aromatic nitrogens is 2. The number of benzene rings is 2. The number of carbonyl (C=O) groups excluding carboxylic acids is 1. The number of nitrogens with zero attached hydrogens (tertiary/aromatic N) is 2. The molecule has 2 aromatic carbocycles. The topological polar surface area (TPSA) is 59.0 Å². The third kappa shape index (κ3) is 5.45. The van der Waals surface area contributed by atoms with Crippen LogP contribution < -0.4 is 10.6 Å². The van der Waals surface area contributed by atoms with Gasteiger partial charge in [-0.25, -0.2) is 4.79 Å². The molecule has 0 saturated heterocycles. The van der Waals surface area contributed by atoms with Crippen molar-refractivity contribution in [2.45, 2.75) is 38.9 Å². The molecular weight excluding hydrogens is 336 g/mol. The van der Waals surface area contributed by atoms with E-state index in [0.717, 1.165) is 29.5 Å². The molecule has 0 spiro atoms. The summed E-state index contributed by atoms with van der Waals surface area (Å²) in [5.41, 5.74) is 3.37. The van der Waals surface area contributed by atoms with Crippen molar-refractivity contribution in [1.82, 2.24) is 20.4 Å². The molecule has 1 unspecified atom stereocenters. The number of hydrogen-bond donors (Lipinski definition) is 2. The third-order valence-corrected chi connectivity index (χ3v) is 4.53. The first-order valence-corrected chi connectivity index (χ1v) is 9.39. The van der Waals surface area contributed by atoms with Crippen LogP contribution in [0, 0.1) is 0 Å². The normalized spacial score (nSPS) is 11.7. The molecule has 0 bridgehead atoms. The van der Waals surface area contributed by atoms with Crippen molar-refractivity contribution >= 4 is 6.03 Å². The maximum absolute atomic E-state index is 12.5. The van der Waals surface area contributed by atoms with Gasteiger partial charge in [0.05, 0.1) is 12.6 Å². The Morgan fingerprint density at radius 1 is 1.04 bits per heavy atom. The molecule has 27 heavy (non-hydrogen) atoms. The third-order valence-electron chi connectivity index (χ3n) is 4.53. The maximum atomic E-state index is 12.5. The molecular formula is C22H26N4O. The minimum atomic E-state index is -0.147. The summed E-state index contributed by atoms with van der Waals surface area (Å²) in [7, 11) is 0. The van der Waals surface area contributed by atoms with Crippen LogP contribution in [0.4, 0.5) is 4.79 Å². The Hall–Kier alpha value is -3.08. The lowest BCUT2D eigenvalue weighted by Crippen LogP contribution is -2.37. The fourth-order valence-electron chi connectivity index (χ4n) is 3.13. The summed E-state index contributed by atoms with van der Waals surface area (Å²) in [4.78, 5) is 12.5. The lowest BCUT2D eigenvalue weighted by Gasteiger charge is -2.19. The summed E-state index contributed by atoms with van der Waals surface area (Å²) in [6, 6.07) is 20.0. The Morgan fingerprint density at radius 3 is 2.48 bits per heavy atom. The van der Waals surface area contributed by atoms with E-state index in [1.165, 1.54) is 0 Å². The molecule has 0 aliphatic rings. The first kappa shape index (κ1) is 18.7. The van der Waals surface area contributed by atoms with Crippen molar-refractivity contribution in [2.75, 3.05) is 0 Å². The zero-order valence-electron chi connectivity index (χ0n) is 15.6. The van der Waals surface area contributed by atoms with Gasteiger partial charge in [-0.15, -0.1) is 0 Å². The monoisotopic (exact) mass is 362 g/mol. The van der Waals surface area contributed by atoms with Crippen molar-refractivity contribution < 1.29 is 4.79 Å². The summed E-state index contributed by atoms with van der Waals surface area (Å²) in [5, 5.41) is 10.4. The first-order valence-electron chi connectivity index (χ1n) is 9.39. The van der Waals surface area contributed by atoms with E-state index in [4.69, 9.17) is 0 Å². The lowest BCUT2D eigenvalue weighted by atomic mass is 10.0. The Morgan fingerprint density at radius 2 is 1.78 bits per heavy atom. The SMILES string of the molecule is CCCC(NC(=O)NCc1ccccc1Cn1cccn1)c1ccccc1. The van der Waals surface area contributed by atoms with Gasteiger partial charge in [-0.2, -0.15) is 5.10 Å². The Labute approximate surface area is 160 Å². The molecule has 0 radical (unpaired) electrons. The zero-order chi connectivity index (χ0) is 18.9. The predicted octanol–water partition coefficient (Wildman–Crippen LogP) is 4.27. The number of carbonyl (C=O) groups is 1. The average Bonchev–Trinajstić information content (AvgIpc) is 3.21. The average molecular weight is 362 g/mol. The van der Waals surface area contributed by atoms with E-state index in [-0.39, 0.29) is 12.1 Å². The molecule has 5 nitrogen and oxygen atoms in total. The van der Waals surface area contributed by atoms with Gasteiger partial charge in [0.1, 0.15) is 0 Å². The van der Waals surface area contributed by atoms with E-state index in [1.54, 1.807) is 6.20 Å². The number of hydrogen-bond acceptors (Lipinski definition) is 2. The van der Waals surface area contributed by atoms with Crippen LogP contribution in [0.15, 0.2) is 73.1 Å². The van der Waals surface area contributed by atoms with Crippen LogP contribution in [0.1, 0.15) is 42.5 Å². The van der Waals surface area contributed by atoms with Crippen molar-refractivity contribution in [3.63, 3.8) is 0 Å². The molecule has 0 fully saturated rings. The minimum Gasteiger partial charge on any atom is -0.334 e. The van der Waals surface area contributed by atoms with E-state index < -0.39 is 0 Å². The highest BCUT2D eigenvalue weighted by Gasteiger charge is 2.13. The molecule has 0 aliphatic heterocycles. The van der Waals surface area contributed by atoms with Gasteiger partial charge in [0.15, 0.2) is 0 Å². The molecule has 2 amide bonds. The molecule has 3 rings (SSSR count). The van der Waals surface area contributed by atoms with E-state index in [2.05, 4.69) is 40.9 Å². The molecule has 0 saturated carbocycles. The molecule has 1 heterocycles. The van der Waals surface area contributed by atoms with Gasteiger partial charge in [-0.05, 0) is 29.2 Å². The largest absolute Gasteiger partial charge is 0.334 e. The second-order valence-electron chi connectivity index (χ2n) is 6.55. The van der Waals surface area contributed by atoms with Crippen molar-refractivity contribution in [3.8, 4) is 0 Å². The van der Waals surface area contributed by atoms with Gasteiger partial charge < -0.3 is 10.6 Å². The molecule has 2 N–H and O–H groups in total. The summed E-state index contributed by atoms with van der Waals surface area (Å²) in [6.45, 7) is 3.30. The molecule has 0 aliphatic carbocycles. The van der Waals surface area contributed by atoms with Crippen LogP contribution >= 0.6 is 0 Å². The predicted molar refractivity (Wildman–Crippen MR) is 107 cm³/mol. The summed E-state index contributed by atoms with van der Waals surface area (Å²) < 4.78 is 1.88. The quantitative estimate of drug-likeness (QED) is 0.629. The Balaban J connectivity index is 1.60. The van der Waals surface area contributed by atoms with E-state index >= 15 is 0 Å². The second kappa shape index (κ2) is 9.57. The van der Waals surface area contributed by atoms with Crippen LogP contribution in [0.3, 0.4) is 0 Å². The number of nitrogens with one attached hydrogen (secondary N) is 2. The zero-order valence-corrected chi connectivity index (χ0v) is 15.6. The highest BCUT2D eigenvalue weighted by molar-refractivity contribution is 5.74. The standard InChI is InChI=1S/C22H26N4O/c1-2-9-21(18-10-4-3-5-11-18)25-22(27)23-16-19-12-6-7-13-20(19)17-26-15-8-14-24-26/h3-8,10-15,21H,2,9,16-17H2,1H3,(H2,23,25,27). The van der Waals surface area contributed by atoms with Gasteiger partial charge >= 0.3 is 6.03 Å². The molecule has 1 aromatic heterocycles. The Kier molecular flexibility index (Phi) is 6.63. The molecule has 3 aromatic rings. The molecule has 1 atom stereocenters. The molecule has 140 valence electrons. The van der Waals surface area contributed by atoms with Gasteiger partial charge in [-0.3, -0.25) is 4.68 Å². The number of urea groups is 1. The smallest absolute Gasteiger partial charge is 0.315 e. The van der Waals surface area contributed by atoms with E-state index in [1.807, 2.05) is 53.3 Å². The van der Waals surface area contributed by atoms with Gasteiger partial charge in [-0.1, -0.05) is 67.9 Å². The first-order chi connectivity index (χ1) is 13.3. The Bertz CT molecular complexity index is 831. The van der Waals surface area contributed by atoms with Gasteiger partial charge in [0.2, 0.25) is 0 Å². The summed E-state index contributed by atoms with van der Waals surface area (Å²) >= 11 is 0. The fourth-order valence-corrected chi connectivity index (χ4v) is 3.13. The highest BCUT2D eigenvalue weighted by Crippen LogP contribution is 2.18. The fraction of sp³-hybridized carbons (Fsp3) is 0.273. The van der Waals surface area contributed by atoms with Crippen molar-refractivity contribution in [1.29, 1.82) is 0 Å².